The van der Waals surface area contributed by atoms with E-state index in [1.807, 2.05) is 22.8 Å². The first-order chi connectivity index (χ1) is 15.9. The van der Waals surface area contributed by atoms with Crippen LogP contribution >= 0.6 is 23.4 Å². The van der Waals surface area contributed by atoms with Crippen molar-refractivity contribution in [1.29, 1.82) is 0 Å². The smallest absolute Gasteiger partial charge is 0.269 e. The van der Waals surface area contributed by atoms with Gasteiger partial charge in [-0.05, 0) is 49.4 Å². The Balaban J connectivity index is 1.60. The van der Waals surface area contributed by atoms with Gasteiger partial charge in [0.05, 0.1) is 15.9 Å². The van der Waals surface area contributed by atoms with E-state index < -0.39 is 10.2 Å². The van der Waals surface area contributed by atoms with Crippen LogP contribution < -0.4 is 5.32 Å². The van der Waals surface area contributed by atoms with Crippen LogP contribution in [0.4, 0.5) is 11.4 Å². The standard InChI is InChI=1S/C22H17ClN6O3S/c1-14(21(30)25-17-7-9-18(10-8-17)29(31)32)33-22-27-26-20(15-4-3-11-24-13-15)28(22)19-6-2-5-16(23)12-19/h2-14H,1H3,(H,25,30)/t14-/m1/s1. The fourth-order valence-corrected chi connectivity index (χ4v) is 4.05. The van der Waals surface area contributed by atoms with Gasteiger partial charge >= 0.3 is 0 Å². The summed E-state index contributed by atoms with van der Waals surface area (Å²) in [6.07, 6.45) is 3.36. The number of rotatable bonds is 7. The van der Waals surface area contributed by atoms with Gasteiger partial charge in [-0.2, -0.15) is 0 Å². The van der Waals surface area contributed by atoms with Crippen molar-refractivity contribution in [3.63, 3.8) is 0 Å². The summed E-state index contributed by atoms with van der Waals surface area (Å²) in [7, 11) is 0. The Labute approximate surface area is 198 Å². The van der Waals surface area contributed by atoms with Crippen LogP contribution in [0.5, 0.6) is 0 Å². The van der Waals surface area contributed by atoms with E-state index in [0.29, 0.717) is 21.7 Å². The van der Waals surface area contributed by atoms with E-state index in [9.17, 15) is 14.9 Å². The number of hydrogen-bond donors (Lipinski definition) is 1. The molecule has 166 valence electrons. The second-order valence-corrected chi connectivity index (χ2v) is 8.66. The highest BCUT2D eigenvalue weighted by molar-refractivity contribution is 8.00. The van der Waals surface area contributed by atoms with E-state index in [4.69, 9.17) is 11.6 Å². The van der Waals surface area contributed by atoms with Gasteiger partial charge in [-0.25, -0.2) is 0 Å². The third kappa shape index (κ3) is 5.18. The number of anilines is 1. The van der Waals surface area contributed by atoms with Gasteiger partial charge < -0.3 is 5.32 Å². The molecule has 0 radical (unpaired) electrons. The summed E-state index contributed by atoms with van der Waals surface area (Å²) in [5.41, 5.74) is 1.93. The van der Waals surface area contributed by atoms with Gasteiger partial charge in [-0.15, -0.1) is 10.2 Å². The van der Waals surface area contributed by atoms with Gasteiger partial charge in [0.15, 0.2) is 11.0 Å². The lowest BCUT2D eigenvalue weighted by atomic mass is 10.2. The zero-order valence-corrected chi connectivity index (χ0v) is 18.8. The molecule has 2 aromatic carbocycles. The van der Waals surface area contributed by atoms with Gasteiger partial charge in [0, 0.05) is 40.8 Å². The number of halogens is 1. The van der Waals surface area contributed by atoms with Crippen molar-refractivity contribution >= 4 is 40.6 Å². The zero-order chi connectivity index (χ0) is 23.4. The topological polar surface area (TPSA) is 116 Å². The number of nitrogens with one attached hydrogen (secondary N) is 1. The van der Waals surface area contributed by atoms with Gasteiger partial charge in [-0.3, -0.25) is 24.5 Å². The molecule has 9 nitrogen and oxygen atoms in total. The fraction of sp³-hybridized carbons (Fsp3) is 0.0909. The number of nitro groups is 1. The molecule has 11 heteroatoms. The molecule has 0 aliphatic heterocycles. The zero-order valence-electron chi connectivity index (χ0n) is 17.3. The molecule has 0 aliphatic carbocycles. The summed E-state index contributed by atoms with van der Waals surface area (Å²) in [5, 5.41) is 22.7. The number of amides is 1. The van der Waals surface area contributed by atoms with Crippen molar-refractivity contribution in [3.05, 3.63) is 88.2 Å². The molecule has 0 unspecified atom stereocenters. The first-order valence-corrected chi connectivity index (χ1v) is 11.0. The van der Waals surface area contributed by atoms with Gasteiger partial charge in [0.1, 0.15) is 0 Å². The van der Waals surface area contributed by atoms with E-state index in [1.165, 1.54) is 36.0 Å². The van der Waals surface area contributed by atoms with Crippen molar-refractivity contribution in [3.8, 4) is 17.1 Å². The molecule has 1 amide bonds. The predicted octanol–water partition coefficient (Wildman–Crippen LogP) is 5.01. The number of thioether (sulfide) groups is 1. The number of nitrogens with zero attached hydrogens (tertiary/aromatic N) is 5. The number of carbonyl (C=O) groups is 1. The lowest BCUT2D eigenvalue weighted by Gasteiger charge is -2.14. The molecule has 0 saturated carbocycles. The number of benzene rings is 2. The lowest BCUT2D eigenvalue weighted by Crippen LogP contribution is -2.22. The average Bonchev–Trinajstić information content (AvgIpc) is 3.23. The highest BCUT2D eigenvalue weighted by atomic mass is 35.5. The van der Waals surface area contributed by atoms with Gasteiger partial charge in [-0.1, -0.05) is 29.4 Å². The Hall–Kier alpha value is -3.76. The van der Waals surface area contributed by atoms with E-state index in [1.54, 1.807) is 37.5 Å². The maximum atomic E-state index is 12.8. The molecule has 4 aromatic rings. The van der Waals surface area contributed by atoms with Crippen LogP contribution in [0.3, 0.4) is 0 Å². The van der Waals surface area contributed by atoms with Crippen molar-refractivity contribution in [2.24, 2.45) is 0 Å². The molecule has 4 rings (SSSR count). The SMILES string of the molecule is C[C@@H](Sc1nnc(-c2cccnc2)n1-c1cccc(Cl)c1)C(=O)Nc1ccc([N+](=O)[O-])cc1. The summed E-state index contributed by atoms with van der Waals surface area (Å²) in [6, 6.07) is 16.6. The number of hydrogen-bond acceptors (Lipinski definition) is 7. The minimum atomic E-state index is -0.538. The Morgan fingerprint density at radius 2 is 1.94 bits per heavy atom. The monoisotopic (exact) mass is 480 g/mol. The van der Waals surface area contributed by atoms with Gasteiger partial charge in [0.25, 0.3) is 5.69 Å². The summed E-state index contributed by atoms with van der Waals surface area (Å²) in [5.74, 6) is 0.285. The number of carbonyl (C=O) groups excluding carboxylic acids is 1. The predicted molar refractivity (Wildman–Crippen MR) is 127 cm³/mol. The molecule has 0 aliphatic rings. The Morgan fingerprint density at radius 1 is 1.15 bits per heavy atom. The number of pyridine rings is 1. The van der Waals surface area contributed by atoms with Crippen LogP contribution in [-0.4, -0.2) is 35.8 Å². The average molecular weight is 481 g/mol. The van der Waals surface area contributed by atoms with Crippen molar-refractivity contribution < 1.29 is 9.72 Å². The third-order valence-corrected chi connectivity index (χ3v) is 5.89. The summed E-state index contributed by atoms with van der Waals surface area (Å²) in [4.78, 5) is 27.2. The van der Waals surface area contributed by atoms with Crippen LogP contribution in [0.2, 0.25) is 5.02 Å². The quantitative estimate of drug-likeness (QED) is 0.224. The van der Waals surface area contributed by atoms with Crippen LogP contribution in [-0.2, 0) is 4.79 Å². The molecule has 2 aromatic heterocycles. The number of non-ortho nitro benzene ring substituents is 1. The first kappa shape index (κ1) is 22.4. The maximum absolute atomic E-state index is 12.8. The van der Waals surface area contributed by atoms with Crippen LogP contribution in [0, 0.1) is 10.1 Å². The minimum Gasteiger partial charge on any atom is -0.325 e. The molecule has 1 N–H and O–H groups in total. The summed E-state index contributed by atoms with van der Waals surface area (Å²) >= 11 is 7.44. The van der Waals surface area contributed by atoms with Crippen molar-refractivity contribution in [2.45, 2.75) is 17.3 Å². The third-order valence-electron chi connectivity index (χ3n) is 4.62. The lowest BCUT2D eigenvalue weighted by molar-refractivity contribution is -0.384. The Bertz CT molecular complexity index is 1300. The van der Waals surface area contributed by atoms with Crippen molar-refractivity contribution in [2.75, 3.05) is 5.32 Å². The van der Waals surface area contributed by atoms with Gasteiger partial charge in [0.2, 0.25) is 5.91 Å². The van der Waals surface area contributed by atoms with E-state index in [-0.39, 0.29) is 11.6 Å². The first-order valence-electron chi connectivity index (χ1n) is 9.76. The Kier molecular flexibility index (Phi) is 6.66. The fourth-order valence-electron chi connectivity index (χ4n) is 3.00. The van der Waals surface area contributed by atoms with Crippen molar-refractivity contribution in [1.82, 2.24) is 19.7 Å². The molecular formula is C22H17ClN6O3S. The highest BCUT2D eigenvalue weighted by Gasteiger charge is 2.22. The molecule has 0 bridgehead atoms. The summed E-state index contributed by atoms with van der Waals surface area (Å²) < 4.78 is 1.82. The van der Waals surface area contributed by atoms with Crippen LogP contribution in [0.1, 0.15) is 6.92 Å². The van der Waals surface area contributed by atoms with E-state index in [0.717, 1.165) is 11.3 Å². The highest BCUT2D eigenvalue weighted by Crippen LogP contribution is 2.31. The normalized spacial score (nSPS) is 11.7. The molecular weight excluding hydrogens is 464 g/mol. The maximum Gasteiger partial charge on any atom is 0.269 e. The molecule has 0 spiro atoms. The molecule has 0 saturated heterocycles. The van der Waals surface area contributed by atoms with Crippen LogP contribution in [0.15, 0.2) is 78.2 Å². The van der Waals surface area contributed by atoms with E-state index >= 15 is 0 Å². The van der Waals surface area contributed by atoms with E-state index in [2.05, 4.69) is 20.5 Å². The number of aromatic nitrogens is 4. The molecule has 2 heterocycles. The largest absolute Gasteiger partial charge is 0.325 e. The number of nitro benzene ring substituents is 1. The molecule has 33 heavy (non-hydrogen) atoms. The second kappa shape index (κ2) is 9.80. The molecule has 0 fully saturated rings. The minimum absolute atomic E-state index is 0.0482. The summed E-state index contributed by atoms with van der Waals surface area (Å²) in [6.45, 7) is 1.74. The Morgan fingerprint density at radius 3 is 2.61 bits per heavy atom. The second-order valence-electron chi connectivity index (χ2n) is 6.92. The molecule has 1 atom stereocenters. The van der Waals surface area contributed by atoms with Crippen LogP contribution in [0.25, 0.3) is 17.1 Å².